The van der Waals surface area contributed by atoms with Gasteiger partial charge in [0.05, 0.1) is 16.8 Å². The zero-order valence-electron chi connectivity index (χ0n) is 15.5. The van der Waals surface area contributed by atoms with Crippen LogP contribution in [0.4, 0.5) is 17.2 Å². The Morgan fingerprint density at radius 3 is 2.14 bits per heavy atom. The van der Waals surface area contributed by atoms with Gasteiger partial charge in [-0.05, 0) is 48.5 Å². The fraction of sp³-hybridized carbons (Fsp3) is 0.100. The SMILES string of the molecule is CN(C)S(=O)(=O)c1ccc(C(=O)Nc2ccc(Nc3ccccc3)cn2)cc1. The highest BCUT2D eigenvalue weighted by Gasteiger charge is 2.17. The Bertz CT molecular complexity index is 1050. The minimum absolute atomic E-state index is 0.128. The Kier molecular flexibility index (Phi) is 5.72. The van der Waals surface area contributed by atoms with Crippen molar-refractivity contribution in [1.29, 1.82) is 0 Å². The van der Waals surface area contributed by atoms with E-state index in [1.165, 1.54) is 38.4 Å². The molecule has 144 valence electrons. The van der Waals surface area contributed by atoms with E-state index < -0.39 is 10.0 Å². The van der Waals surface area contributed by atoms with Crippen molar-refractivity contribution in [1.82, 2.24) is 9.29 Å². The van der Waals surface area contributed by atoms with Crippen molar-refractivity contribution in [2.45, 2.75) is 4.90 Å². The van der Waals surface area contributed by atoms with Crippen molar-refractivity contribution in [2.75, 3.05) is 24.7 Å². The van der Waals surface area contributed by atoms with Crippen LogP contribution in [0.1, 0.15) is 10.4 Å². The number of carbonyl (C=O) groups excluding carboxylic acids is 1. The summed E-state index contributed by atoms with van der Waals surface area (Å²) in [6, 6.07) is 18.9. The Balaban J connectivity index is 1.66. The molecule has 0 atom stereocenters. The topological polar surface area (TPSA) is 91.4 Å². The number of carbonyl (C=O) groups is 1. The van der Waals surface area contributed by atoms with Gasteiger partial charge in [0.2, 0.25) is 10.0 Å². The number of sulfonamides is 1. The van der Waals surface area contributed by atoms with Crippen LogP contribution < -0.4 is 10.6 Å². The van der Waals surface area contributed by atoms with E-state index >= 15 is 0 Å². The molecule has 0 aliphatic heterocycles. The van der Waals surface area contributed by atoms with Crippen LogP contribution in [0.3, 0.4) is 0 Å². The second-order valence-electron chi connectivity index (χ2n) is 6.19. The van der Waals surface area contributed by atoms with E-state index in [0.29, 0.717) is 11.4 Å². The molecule has 0 radical (unpaired) electrons. The van der Waals surface area contributed by atoms with E-state index in [9.17, 15) is 13.2 Å². The summed E-state index contributed by atoms with van der Waals surface area (Å²) in [6.07, 6.45) is 1.62. The zero-order chi connectivity index (χ0) is 20.1. The van der Waals surface area contributed by atoms with Gasteiger partial charge in [-0.1, -0.05) is 18.2 Å². The number of pyridine rings is 1. The third kappa shape index (κ3) is 4.54. The quantitative estimate of drug-likeness (QED) is 0.667. The monoisotopic (exact) mass is 396 g/mol. The molecule has 0 saturated carbocycles. The maximum atomic E-state index is 12.4. The van der Waals surface area contributed by atoms with Crippen molar-refractivity contribution in [3.8, 4) is 0 Å². The number of anilines is 3. The molecule has 28 heavy (non-hydrogen) atoms. The summed E-state index contributed by atoms with van der Waals surface area (Å²) in [6.45, 7) is 0. The number of hydrogen-bond acceptors (Lipinski definition) is 5. The summed E-state index contributed by atoms with van der Waals surface area (Å²) in [5.41, 5.74) is 2.07. The lowest BCUT2D eigenvalue weighted by molar-refractivity contribution is 0.102. The van der Waals surface area contributed by atoms with Gasteiger partial charge < -0.3 is 10.6 Å². The molecule has 3 aromatic rings. The zero-order valence-corrected chi connectivity index (χ0v) is 16.3. The smallest absolute Gasteiger partial charge is 0.256 e. The molecule has 7 nitrogen and oxygen atoms in total. The highest BCUT2D eigenvalue weighted by atomic mass is 32.2. The molecule has 0 spiro atoms. The average molecular weight is 396 g/mol. The molecule has 8 heteroatoms. The van der Waals surface area contributed by atoms with Crippen LogP contribution in [-0.2, 0) is 10.0 Å². The van der Waals surface area contributed by atoms with Gasteiger partial charge in [0.1, 0.15) is 5.82 Å². The second kappa shape index (κ2) is 8.20. The molecule has 1 aromatic heterocycles. The number of nitrogens with zero attached hydrogens (tertiary/aromatic N) is 2. The Hall–Kier alpha value is -3.23. The minimum atomic E-state index is -3.53. The van der Waals surface area contributed by atoms with Crippen LogP contribution >= 0.6 is 0 Å². The Morgan fingerprint density at radius 2 is 1.57 bits per heavy atom. The summed E-state index contributed by atoms with van der Waals surface area (Å²) in [5.74, 6) is 0.0265. The van der Waals surface area contributed by atoms with Crippen LogP contribution in [-0.4, -0.2) is 37.7 Å². The van der Waals surface area contributed by atoms with Crippen molar-refractivity contribution in [3.63, 3.8) is 0 Å². The molecular weight excluding hydrogens is 376 g/mol. The van der Waals surface area contributed by atoms with E-state index in [1.54, 1.807) is 12.3 Å². The van der Waals surface area contributed by atoms with E-state index in [0.717, 1.165) is 15.7 Å². The van der Waals surface area contributed by atoms with Gasteiger partial charge >= 0.3 is 0 Å². The molecule has 0 aliphatic rings. The number of rotatable bonds is 6. The van der Waals surface area contributed by atoms with E-state index in [1.807, 2.05) is 36.4 Å². The molecule has 1 amide bonds. The van der Waals surface area contributed by atoms with Gasteiger partial charge in [-0.15, -0.1) is 0 Å². The van der Waals surface area contributed by atoms with Gasteiger partial charge in [-0.3, -0.25) is 4.79 Å². The fourth-order valence-electron chi connectivity index (χ4n) is 2.41. The third-order valence-corrected chi connectivity index (χ3v) is 5.79. The number of amides is 1. The van der Waals surface area contributed by atoms with Crippen molar-refractivity contribution < 1.29 is 13.2 Å². The molecule has 0 bridgehead atoms. The maximum Gasteiger partial charge on any atom is 0.256 e. The predicted molar refractivity (Wildman–Crippen MR) is 109 cm³/mol. The largest absolute Gasteiger partial charge is 0.354 e. The first-order valence-electron chi connectivity index (χ1n) is 8.48. The number of para-hydroxylation sites is 1. The first kappa shape index (κ1) is 19.5. The van der Waals surface area contributed by atoms with E-state index in [-0.39, 0.29) is 10.8 Å². The molecule has 0 fully saturated rings. The van der Waals surface area contributed by atoms with Crippen molar-refractivity contribution in [3.05, 3.63) is 78.5 Å². The standard InChI is InChI=1S/C20H20N4O3S/c1-24(2)28(26,27)18-11-8-15(9-12-18)20(25)23-19-13-10-17(14-21-19)22-16-6-4-3-5-7-16/h3-14,22H,1-2H3,(H,21,23,25). The summed E-state index contributed by atoms with van der Waals surface area (Å²) in [4.78, 5) is 16.7. The van der Waals surface area contributed by atoms with Crippen LogP contribution in [0.15, 0.2) is 77.8 Å². The van der Waals surface area contributed by atoms with Gasteiger partial charge in [-0.2, -0.15) is 0 Å². The number of nitrogens with one attached hydrogen (secondary N) is 2. The predicted octanol–water partition coefficient (Wildman–Crippen LogP) is 3.33. The fourth-order valence-corrected chi connectivity index (χ4v) is 3.31. The molecule has 1 heterocycles. The van der Waals surface area contributed by atoms with E-state index in [4.69, 9.17) is 0 Å². The summed E-state index contributed by atoms with van der Waals surface area (Å²) >= 11 is 0. The molecule has 0 aliphatic carbocycles. The lowest BCUT2D eigenvalue weighted by Gasteiger charge is -2.11. The first-order valence-corrected chi connectivity index (χ1v) is 9.92. The molecular formula is C20H20N4O3S. The van der Waals surface area contributed by atoms with Crippen molar-refractivity contribution in [2.24, 2.45) is 0 Å². The van der Waals surface area contributed by atoms with Crippen molar-refractivity contribution >= 4 is 33.1 Å². The van der Waals surface area contributed by atoms with E-state index in [2.05, 4.69) is 15.6 Å². The molecule has 0 unspecified atom stereocenters. The first-order chi connectivity index (χ1) is 13.4. The lowest BCUT2D eigenvalue weighted by atomic mass is 10.2. The highest BCUT2D eigenvalue weighted by molar-refractivity contribution is 7.89. The van der Waals surface area contributed by atoms with Gasteiger partial charge in [0.15, 0.2) is 0 Å². The number of hydrogen-bond donors (Lipinski definition) is 2. The average Bonchev–Trinajstić information content (AvgIpc) is 2.70. The molecule has 2 aromatic carbocycles. The Morgan fingerprint density at radius 1 is 0.893 bits per heavy atom. The van der Waals surface area contributed by atoms with Crippen LogP contribution in [0, 0.1) is 0 Å². The van der Waals surface area contributed by atoms with Gasteiger partial charge in [0.25, 0.3) is 5.91 Å². The van der Waals surface area contributed by atoms with Crippen LogP contribution in [0.2, 0.25) is 0 Å². The summed E-state index contributed by atoms with van der Waals surface area (Å²) < 4.78 is 25.3. The second-order valence-corrected chi connectivity index (χ2v) is 8.34. The normalized spacial score (nSPS) is 11.2. The number of benzene rings is 2. The molecule has 2 N–H and O–H groups in total. The maximum absolute atomic E-state index is 12.4. The highest BCUT2D eigenvalue weighted by Crippen LogP contribution is 2.18. The van der Waals surface area contributed by atoms with Crippen LogP contribution in [0.5, 0.6) is 0 Å². The molecule has 3 rings (SSSR count). The van der Waals surface area contributed by atoms with Crippen LogP contribution in [0.25, 0.3) is 0 Å². The minimum Gasteiger partial charge on any atom is -0.354 e. The number of aromatic nitrogens is 1. The lowest BCUT2D eigenvalue weighted by Crippen LogP contribution is -2.22. The molecule has 0 saturated heterocycles. The van der Waals surface area contributed by atoms with Gasteiger partial charge in [0, 0.05) is 25.3 Å². The summed E-state index contributed by atoms with van der Waals surface area (Å²) in [5, 5.41) is 5.90. The summed E-state index contributed by atoms with van der Waals surface area (Å²) in [7, 11) is -0.614. The Labute approximate surface area is 164 Å². The third-order valence-electron chi connectivity index (χ3n) is 3.96. The van der Waals surface area contributed by atoms with Gasteiger partial charge in [-0.25, -0.2) is 17.7 Å².